The van der Waals surface area contributed by atoms with Crippen molar-refractivity contribution in [1.82, 2.24) is 24.8 Å². The monoisotopic (exact) mass is 1010 g/mol. The number of hydrogen-bond acceptors (Lipinski definition) is 9. The molecule has 4 aliphatic rings. The second-order valence-corrected chi connectivity index (χ2v) is 35.1. The first-order valence-corrected chi connectivity index (χ1v) is 30.8. The van der Waals surface area contributed by atoms with E-state index in [1.807, 2.05) is 37.8 Å². The van der Waals surface area contributed by atoms with Gasteiger partial charge >= 0.3 is 12.1 Å². The van der Waals surface area contributed by atoms with Gasteiger partial charge in [-0.2, -0.15) is 9.97 Å². The number of rotatable bonds is 13. The summed E-state index contributed by atoms with van der Waals surface area (Å²) in [7, 11) is -4.91. The molecule has 4 saturated heterocycles. The normalized spacial score (nSPS) is 22.0. The van der Waals surface area contributed by atoms with Crippen molar-refractivity contribution in [1.29, 1.82) is 0 Å². The van der Waals surface area contributed by atoms with Crippen molar-refractivity contribution < 1.29 is 31.9 Å². The van der Waals surface area contributed by atoms with Crippen molar-refractivity contribution in [3.63, 3.8) is 0 Å². The van der Waals surface area contributed by atoms with Gasteiger partial charge in [-0.15, -0.1) is 5.54 Å². The molecule has 0 spiro atoms. The molecule has 4 fully saturated rings. The third-order valence-electron chi connectivity index (χ3n) is 16.8. The molecule has 0 N–H and O–H groups in total. The molecule has 10 nitrogen and oxygen atoms in total. The van der Waals surface area contributed by atoms with Crippen LogP contribution in [0.2, 0.25) is 33.2 Å². The first-order valence-electron chi connectivity index (χ1n) is 26.5. The van der Waals surface area contributed by atoms with Crippen LogP contribution in [0.25, 0.3) is 32.9 Å². The first-order chi connectivity index (χ1) is 33.3. The SMILES string of the molecule is CC(C)[Si](C#Cc1c(F)ccc2cc(O[Si](C(C)C)(C(C)C)C(C)C)cc(-c3ncc4c(N5C[C@H]6CC[C@@H](C5)N6C(=O)OC(C)(C)C)nc(OC[C@@]56CCCN5C[C@H](F)C6)nc4c3F)c12)(C(C)C)C(C)C. The smallest absolute Gasteiger partial charge is 0.410 e. The Morgan fingerprint density at radius 1 is 0.873 bits per heavy atom. The van der Waals surface area contributed by atoms with Gasteiger partial charge in [0, 0.05) is 43.2 Å². The van der Waals surface area contributed by atoms with E-state index in [4.69, 9.17) is 28.9 Å². The maximum absolute atomic E-state index is 18.4. The Hall–Kier alpha value is -4.40. The van der Waals surface area contributed by atoms with Gasteiger partial charge < -0.3 is 18.8 Å². The van der Waals surface area contributed by atoms with E-state index in [1.54, 1.807) is 12.3 Å². The van der Waals surface area contributed by atoms with Gasteiger partial charge in [0.15, 0.2) is 5.82 Å². The lowest BCUT2D eigenvalue weighted by Gasteiger charge is -2.42. The topological polar surface area (TPSA) is 93.2 Å². The lowest BCUT2D eigenvalue weighted by Crippen LogP contribution is -2.57. The fraction of sp³-hybridized carbons (Fsp3) is 0.643. The minimum atomic E-state index is -2.55. The summed E-state index contributed by atoms with van der Waals surface area (Å²) < 4.78 is 69.9. The van der Waals surface area contributed by atoms with E-state index < -0.39 is 45.3 Å². The van der Waals surface area contributed by atoms with Crippen molar-refractivity contribution in [3.05, 3.63) is 47.7 Å². The molecule has 0 unspecified atom stereocenters. The Labute approximate surface area is 423 Å². The van der Waals surface area contributed by atoms with E-state index in [1.165, 1.54) is 6.07 Å². The number of anilines is 1. The van der Waals surface area contributed by atoms with Crippen LogP contribution in [0.3, 0.4) is 0 Å². The molecular weight excluding hydrogens is 934 g/mol. The Morgan fingerprint density at radius 2 is 1.51 bits per heavy atom. The second-order valence-electron chi connectivity index (χ2n) is 24.1. The number of ether oxygens (including phenoxy) is 2. The lowest BCUT2D eigenvalue weighted by atomic mass is 9.95. The molecule has 71 heavy (non-hydrogen) atoms. The summed E-state index contributed by atoms with van der Waals surface area (Å²) in [6, 6.07) is 6.66. The number of fused-ring (bicyclic) bond motifs is 5. The van der Waals surface area contributed by atoms with Gasteiger partial charge in [-0.05, 0) is 110 Å². The molecule has 0 saturated carbocycles. The van der Waals surface area contributed by atoms with Crippen LogP contribution in [0.4, 0.5) is 23.8 Å². The zero-order valence-electron chi connectivity index (χ0n) is 45.1. The van der Waals surface area contributed by atoms with Gasteiger partial charge in [0.05, 0.1) is 28.6 Å². The Balaban J connectivity index is 1.34. The Morgan fingerprint density at radius 3 is 2.10 bits per heavy atom. The summed E-state index contributed by atoms with van der Waals surface area (Å²) in [5.41, 5.74) is 4.80. The van der Waals surface area contributed by atoms with Gasteiger partial charge in [0.2, 0.25) is 0 Å². The molecule has 8 rings (SSSR count). The number of pyridine rings is 1. The first kappa shape index (κ1) is 52.9. The van der Waals surface area contributed by atoms with Crippen molar-refractivity contribution in [3.8, 4) is 34.5 Å². The van der Waals surface area contributed by atoms with E-state index in [2.05, 4.69) is 104 Å². The molecule has 0 radical (unpaired) electrons. The number of carbonyl (C=O) groups is 1. The van der Waals surface area contributed by atoms with Crippen molar-refractivity contribution in [2.75, 3.05) is 37.7 Å². The molecule has 1 amide bonds. The predicted molar refractivity (Wildman–Crippen MR) is 285 cm³/mol. The van der Waals surface area contributed by atoms with Gasteiger partial charge in [-0.1, -0.05) is 95.1 Å². The molecule has 6 heterocycles. The zero-order chi connectivity index (χ0) is 51.7. The standard InChI is InChI=1S/C56H79F3N6O4Si2/c1-33(2)70(34(3)4,35(5)6)24-21-44-47(58)20-17-39-25-43(69-71(36(7)8,37(9)10)38(11)12)26-45(48(39)44)50-49(59)51-46(28-60-50)52(62-53(61-51)67-32-56-22-16-23-64(56)29-40(57)27-56)63-30-41-18-19-42(31-63)65(41)54(66)68-55(13,14)15/h17,20,25-26,28,33-38,40-42H,16,18-19,22-23,27,29-32H2,1-15H3/t40-,41-,42+,56+/m1/s1. The minimum absolute atomic E-state index is 0.00268. The fourth-order valence-electron chi connectivity index (χ4n) is 13.8. The summed E-state index contributed by atoms with van der Waals surface area (Å²) in [5, 5.41) is 1.51. The van der Waals surface area contributed by atoms with Gasteiger partial charge in [0.25, 0.3) is 8.32 Å². The summed E-state index contributed by atoms with van der Waals surface area (Å²) in [4.78, 5) is 34.5. The van der Waals surface area contributed by atoms with Crippen LogP contribution in [0.1, 0.15) is 142 Å². The van der Waals surface area contributed by atoms with Crippen LogP contribution in [0.5, 0.6) is 11.8 Å². The molecule has 4 aliphatic heterocycles. The highest BCUT2D eigenvalue weighted by Crippen LogP contribution is 2.47. The third-order valence-corrected chi connectivity index (χ3v) is 29.1. The van der Waals surface area contributed by atoms with Crippen LogP contribution in [-0.4, -0.2) is 109 Å². The molecular formula is C56H79F3N6O4Si2. The molecule has 2 aromatic carbocycles. The number of piperazine rings is 1. The predicted octanol–water partition coefficient (Wildman–Crippen LogP) is 13.8. The van der Waals surface area contributed by atoms with Gasteiger partial charge in [-0.3, -0.25) is 14.8 Å². The third kappa shape index (κ3) is 9.56. The van der Waals surface area contributed by atoms with E-state index in [0.29, 0.717) is 76.0 Å². The minimum Gasteiger partial charge on any atom is -0.543 e. The fourth-order valence-corrected chi connectivity index (χ4v) is 24.2. The van der Waals surface area contributed by atoms with Crippen molar-refractivity contribution in [2.45, 2.75) is 199 Å². The van der Waals surface area contributed by atoms with E-state index >= 15 is 8.78 Å². The number of alkyl halides is 1. The van der Waals surface area contributed by atoms with Crippen LogP contribution in [-0.2, 0) is 4.74 Å². The van der Waals surface area contributed by atoms with Crippen LogP contribution in [0, 0.1) is 23.1 Å². The quantitative estimate of drug-likeness (QED) is 0.0959. The maximum atomic E-state index is 18.4. The maximum Gasteiger partial charge on any atom is 0.410 e. The highest BCUT2D eigenvalue weighted by molar-refractivity contribution is 6.90. The highest BCUT2D eigenvalue weighted by atomic mass is 28.4. The molecule has 15 heteroatoms. The van der Waals surface area contributed by atoms with E-state index in [-0.39, 0.29) is 64.2 Å². The second kappa shape index (κ2) is 19.8. The molecule has 2 aromatic heterocycles. The van der Waals surface area contributed by atoms with E-state index in [0.717, 1.165) is 32.2 Å². The van der Waals surface area contributed by atoms with E-state index in [9.17, 15) is 9.18 Å². The number of halogens is 3. The number of nitrogens with zero attached hydrogens (tertiary/aromatic N) is 6. The molecule has 4 aromatic rings. The summed E-state index contributed by atoms with van der Waals surface area (Å²) >= 11 is 0. The van der Waals surface area contributed by atoms with Gasteiger partial charge in [-0.25, -0.2) is 18.0 Å². The van der Waals surface area contributed by atoms with Crippen LogP contribution < -0.4 is 14.1 Å². The Bertz CT molecular complexity index is 2660. The summed E-state index contributed by atoms with van der Waals surface area (Å²) in [5.74, 6) is 3.24. The zero-order valence-corrected chi connectivity index (χ0v) is 47.1. The highest BCUT2D eigenvalue weighted by Gasteiger charge is 2.51. The number of hydrogen-bond donors (Lipinski definition) is 0. The number of amides is 1. The average Bonchev–Trinajstić information content (AvgIpc) is 3.90. The largest absolute Gasteiger partial charge is 0.543 e. The summed E-state index contributed by atoms with van der Waals surface area (Å²) in [6.45, 7) is 34.5. The van der Waals surface area contributed by atoms with Crippen molar-refractivity contribution in [2.24, 2.45) is 0 Å². The molecule has 4 atom stereocenters. The number of benzene rings is 2. The Kier molecular flexibility index (Phi) is 14.8. The van der Waals surface area contributed by atoms with Gasteiger partial charge in [0.1, 0.15) is 55.0 Å². The van der Waals surface area contributed by atoms with Crippen LogP contribution in [0.15, 0.2) is 30.5 Å². The summed E-state index contributed by atoms with van der Waals surface area (Å²) in [6.07, 6.45) is 3.94. The lowest BCUT2D eigenvalue weighted by molar-refractivity contribution is 0.0122. The molecule has 0 aliphatic carbocycles. The molecule has 2 bridgehead atoms. The van der Waals surface area contributed by atoms with Crippen LogP contribution >= 0.6 is 0 Å². The average molecular weight is 1010 g/mol. The van der Waals surface area contributed by atoms with Crippen molar-refractivity contribution >= 4 is 50.0 Å². The molecule has 386 valence electrons. The number of carbonyl (C=O) groups excluding carboxylic acids is 1. The number of aromatic nitrogens is 3.